The van der Waals surface area contributed by atoms with Crippen LogP contribution in [-0.4, -0.2) is 38.8 Å². The minimum Gasteiger partial charge on any atom is -0.478 e. The van der Waals surface area contributed by atoms with Crippen molar-refractivity contribution in [1.82, 2.24) is 4.90 Å². The Morgan fingerprint density at radius 2 is 1.88 bits per heavy atom. The van der Waals surface area contributed by atoms with Crippen LogP contribution in [0, 0.1) is 0 Å². The molecule has 3 rings (SSSR count). The summed E-state index contributed by atoms with van der Waals surface area (Å²) in [7, 11) is 0. The Bertz CT molecular complexity index is 847. The molecule has 1 N–H and O–H groups in total. The molecule has 0 saturated carbocycles. The highest BCUT2D eigenvalue weighted by molar-refractivity contribution is 8.15. The molecule has 5 nitrogen and oxygen atoms in total. The molecule has 1 heterocycles. The highest BCUT2D eigenvalue weighted by atomic mass is 32.2. The molecule has 1 atom stereocenters. The Kier molecular flexibility index (Phi) is 5.53. The lowest BCUT2D eigenvalue weighted by molar-refractivity contribution is -0.125. The summed E-state index contributed by atoms with van der Waals surface area (Å²) >= 11 is 1.43. The fourth-order valence-electron chi connectivity index (χ4n) is 2.64. The van der Waals surface area contributed by atoms with Crippen molar-refractivity contribution in [2.24, 2.45) is 4.99 Å². The smallest absolute Gasteiger partial charge is 0.335 e. The zero-order valence-electron chi connectivity index (χ0n) is 14.0. The standard InChI is InChI=1S/C20H18N2O3S/c1-2-12-22-18(23)17(13-14-6-4-3-5-7-14)26-20(22)21-16-10-8-15(9-11-16)19(24)25/h2-11,17H,1,12-13H2,(H,24,25). The van der Waals surface area contributed by atoms with Gasteiger partial charge < -0.3 is 5.11 Å². The van der Waals surface area contributed by atoms with Gasteiger partial charge in [-0.15, -0.1) is 6.58 Å². The quantitative estimate of drug-likeness (QED) is 0.791. The van der Waals surface area contributed by atoms with E-state index in [1.165, 1.54) is 23.9 Å². The molecule has 0 radical (unpaired) electrons. The van der Waals surface area contributed by atoms with E-state index >= 15 is 0 Å². The van der Waals surface area contributed by atoms with E-state index in [0.717, 1.165) is 5.56 Å². The number of nitrogens with zero attached hydrogens (tertiary/aromatic N) is 2. The van der Waals surface area contributed by atoms with E-state index in [1.54, 1.807) is 23.1 Å². The maximum absolute atomic E-state index is 12.7. The third-order valence-corrected chi connectivity index (χ3v) is 5.11. The third kappa shape index (κ3) is 4.03. The lowest BCUT2D eigenvalue weighted by Gasteiger charge is -2.13. The van der Waals surface area contributed by atoms with Gasteiger partial charge >= 0.3 is 5.97 Å². The second-order valence-corrected chi connectivity index (χ2v) is 6.95. The summed E-state index contributed by atoms with van der Waals surface area (Å²) < 4.78 is 0. The molecule has 1 saturated heterocycles. The third-order valence-electron chi connectivity index (χ3n) is 3.93. The zero-order valence-corrected chi connectivity index (χ0v) is 14.9. The highest BCUT2D eigenvalue weighted by Crippen LogP contribution is 2.31. The number of aliphatic imine (C=N–C) groups is 1. The van der Waals surface area contributed by atoms with Gasteiger partial charge in [0.05, 0.1) is 16.5 Å². The van der Waals surface area contributed by atoms with Gasteiger partial charge in [-0.2, -0.15) is 0 Å². The van der Waals surface area contributed by atoms with Gasteiger partial charge in [-0.3, -0.25) is 9.69 Å². The Hall–Kier alpha value is -2.86. The topological polar surface area (TPSA) is 70.0 Å². The van der Waals surface area contributed by atoms with Crippen LogP contribution in [0.5, 0.6) is 0 Å². The first kappa shape index (κ1) is 17.9. The fraction of sp³-hybridized carbons (Fsp3) is 0.150. The molecule has 2 aromatic carbocycles. The van der Waals surface area contributed by atoms with Crippen molar-refractivity contribution in [2.45, 2.75) is 11.7 Å². The number of amides is 1. The molecule has 2 aromatic rings. The van der Waals surface area contributed by atoms with Crippen LogP contribution < -0.4 is 0 Å². The molecule has 1 aliphatic rings. The minimum atomic E-state index is -0.981. The first-order valence-electron chi connectivity index (χ1n) is 8.13. The molecule has 1 unspecified atom stereocenters. The van der Waals surface area contributed by atoms with Gasteiger partial charge in [0.1, 0.15) is 0 Å². The number of amidine groups is 1. The van der Waals surface area contributed by atoms with E-state index in [2.05, 4.69) is 11.6 Å². The second kappa shape index (κ2) is 8.01. The molecular formula is C20H18N2O3S. The molecule has 1 fully saturated rings. The number of hydrogen-bond acceptors (Lipinski definition) is 4. The Balaban J connectivity index is 1.83. The molecule has 1 aliphatic heterocycles. The van der Waals surface area contributed by atoms with Crippen molar-refractivity contribution in [3.63, 3.8) is 0 Å². The normalized spacial score (nSPS) is 18.3. The molecule has 0 bridgehead atoms. The summed E-state index contributed by atoms with van der Waals surface area (Å²) in [4.78, 5) is 29.9. The van der Waals surface area contributed by atoms with Crippen molar-refractivity contribution in [3.8, 4) is 0 Å². The first-order chi connectivity index (χ1) is 12.6. The molecule has 0 aliphatic carbocycles. The van der Waals surface area contributed by atoms with E-state index in [1.807, 2.05) is 30.3 Å². The van der Waals surface area contributed by atoms with Crippen molar-refractivity contribution < 1.29 is 14.7 Å². The van der Waals surface area contributed by atoms with Crippen molar-refractivity contribution in [3.05, 3.63) is 78.4 Å². The van der Waals surface area contributed by atoms with Crippen LogP contribution in [0.2, 0.25) is 0 Å². The van der Waals surface area contributed by atoms with Crippen molar-refractivity contribution >= 4 is 34.5 Å². The minimum absolute atomic E-state index is 0.0136. The number of hydrogen-bond donors (Lipinski definition) is 1. The fourth-order valence-corrected chi connectivity index (χ4v) is 3.85. The predicted molar refractivity (Wildman–Crippen MR) is 104 cm³/mol. The van der Waals surface area contributed by atoms with Crippen molar-refractivity contribution in [1.29, 1.82) is 0 Å². The molecule has 0 spiro atoms. The second-order valence-electron chi connectivity index (χ2n) is 5.78. The van der Waals surface area contributed by atoms with Crippen LogP contribution in [0.3, 0.4) is 0 Å². The van der Waals surface area contributed by atoms with Gasteiger partial charge in [-0.25, -0.2) is 9.79 Å². The summed E-state index contributed by atoms with van der Waals surface area (Å²) in [6.07, 6.45) is 2.31. The highest BCUT2D eigenvalue weighted by Gasteiger charge is 2.37. The van der Waals surface area contributed by atoms with Crippen LogP contribution in [0.4, 0.5) is 5.69 Å². The summed E-state index contributed by atoms with van der Waals surface area (Å²) in [6.45, 7) is 4.11. The summed E-state index contributed by atoms with van der Waals surface area (Å²) in [5.41, 5.74) is 1.91. The first-order valence-corrected chi connectivity index (χ1v) is 9.01. The average Bonchev–Trinajstić information content (AvgIpc) is 2.92. The van der Waals surface area contributed by atoms with Crippen molar-refractivity contribution in [2.75, 3.05) is 6.54 Å². The number of carboxylic acid groups (broad SMARTS) is 1. The predicted octanol–water partition coefficient (Wildman–Crippen LogP) is 3.75. The Morgan fingerprint density at radius 3 is 2.50 bits per heavy atom. The van der Waals surface area contributed by atoms with Gasteiger partial charge in [0.25, 0.3) is 0 Å². The monoisotopic (exact) mass is 366 g/mol. The number of thioether (sulfide) groups is 1. The SMILES string of the molecule is C=CCN1C(=O)C(Cc2ccccc2)SC1=Nc1ccc(C(=O)O)cc1. The number of rotatable bonds is 6. The Morgan fingerprint density at radius 1 is 1.19 bits per heavy atom. The zero-order chi connectivity index (χ0) is 18.5. The number of benzene rings is 2. The van der Waals surface area contributed by atoms with Crippen LogP contribution in [0.15, 0.2) is 72.2 Å². The van der Waals surface area contributed by atoms with E-state index in [9.17, 15) is 9.59 Å². The van der Waals surface area contributed by atoms with E-state index < -0.39 is 5.97 Å². The van der Waals surface area contributed by atoms with E-state index in [4.69, 9.17) is 5.11 Å². The number of carbonyl (C=O) groups excluding carboxylic acids is 1. The van der Waals surface area contributed by atoms with Gasteiger partial charge in [0, 0.05) is 6.54 Å². The van der Waals surface area contributed by atoms with E-state index in [-0.39, 0.29) is 16.7 Å². The number of aromatic carboxylic acids is 1. The maximum Gasteiger partial charge on any atom is 0.335 e. The molecule has 132 valence electrons. The van der Waals surface area contributed by atoms with Gasteiger partial charge in [-0.1, -0.05) is 48.2 Å². The molecule has 26 heavy (non-hydrogen) atoms. The molecule has 0 aromatic heterocycles. The number of carboxylic acids is 1. The molecule has 6 heteroatoms. The molecular weight excluding hydrogens is 348 g/mol. The lowest BCUT2D eigenvalue weighted by atomic mass is 10.1. The largest absolute Gasteiger partial charge is 0.478 e. The van der Waals surface area contributed by atoms with Gasteiger partial charge in [0.2, 0.25) is 5.91 Å². The van der Waals surface area contributed by atoms with Gasteiger partial charge in [-0.05, 0) is 36.2 Å². The lowest BCUT2D eigenvalue weighted by Crippen LogP contribution is -2.32. The average molecular weight is 366 g/mol. The van der Waals surface area contributed by atoms with Crippen LogP contribution >= 0.6 is 11.8 Å². The summed E-state index contributed by atoms with van der Waals surface area (Å²) in [5, 5.41) is 9.36. The van der Waals surface area contributed by atoms with Gasteiger partial charge in [0.15, 0.2) is 5.17 Å². The summed E-state index contributed by atoms with van der Waals surface area (Å²) in [5.74, 6) is -0.967. The number of carbonyl (C=O) groups is 2. The Labute approximate surface area is 156 Å². The van der Waals surface area contributed by atoms with Crippen LogP contribution in [0.1, 0.15) is 15.9 Å². The van der Waals surface area contributed by atoms with Crippen LogP contribution in [0.25, 0.3) is 0 Å². The maximum atomic E-state index is 12.7. The van der Waals surface area contributed by atoms with E-state index in [0.29, 0.717) is 23.8 Å². The summed E-state index contributed by atoms with van der Waals surface area (Å²) in [6, 6.07) is 16.2. The van der Waals surface area contributed by atoms with Crippen LogP contribution in [-0.2, 0) is 11.2 Å². The molecule has 1 amide bonds.